The van der Waals surface area contributed by atoms with Crippen molar-refractivity contribution in [1.29, 1.82) is 0 Å². The summed E-state index contributed by atoms with van der Waals surface area (Å²) in [6.45, 7) is 1.96. The molecule has 0 bridgehead atoms. The van der Waals surface area contributed by atoms with Crippen molar-refractivity contribution in [2.45, 2.75) is 26.2 Å². The third-order valence-electron chi connectivity index (χ3n) is 3.84. The largest absolute Gasteiger partial charge is 0.484 e. The van der Waals surface area contributed by atoms with Gasteiger partial charge in [-0.1, -0.05) is 15.9 Å². The first-order valence-electron chi connectivity index (χ1n) is 8.08. The lowest BCUT2D eigenvalue weighted by molar-refractivity contribution is -0.118. The number of esters is 1. The number of hydrogen-bond acceptors (Lipinski definition) is 5. The molecule has 1 aromatic carbocycles. The molecule has 2 aromatic rings. The Balaban J connectivity index is 1.68. The average Bonchev–Trinajstić information content (AvgIpc) is 3.15. The number of halogens is 1. The van der Waals surface area contributed by atoms with E-state index in [2.05, 4.69) is 21.2 Å². The van der Waals surface area contributed by atoms with Crippen molar-refractivity contribution in [2.75, 3.05) is 18.5 Å². The topological polar surface area (TPSA) is 64.6 Å². The van der Waals surface area contributed by atoms with E-state index < -0.39 is 0 Å². The van der Waals surface area contributed by atoms with E-state index >= 15 is 0 Å². The lowest BCUT2D eigenvalue weighted by atomic mass is 10.1. The van der Waals surface area contributed by atoms with E-state index in [1.54, 1.807) is 19.1 Å². The fraction of sp³-hybridized carbons (Fsp3) is 0.333. The summed E-state index contributed by atoms with van der Waals surface area (Å²) in [4.78, 5) is 25.7. The van der Waals surface area contributed by atoms with Gasteiger partial charge in [0, 0.05) is 9.35 Å². The van der Waals surface area contributed by atoms with Crippen LogP contribution in [0, 0.1) is 0 Å². The van der Waals surface area contributed by atoms with Crippen molar-refractivity contribution in [1.82, 2.24) is 0 Å². The van der Waals surface area contributed by atoms with Crippen molar-refractivity contribution in [3.05, 3.63) is 44.7 Å². The number of aryl methyl sites for hydroxylation is 1. The predicted molar refractivity (Wildman–Crippen MR) is 101 cm³/mol. The molecule has 1 amide bonds. The van der Waals surface area contributed by atoms with Gasteiger partial charge in [-0.05, 0) is 56.0 Å². The Hall–Kier alpha value is -1.86. The molecule has 3 rings (SSSR count). The summed E-state index contributed by atoms with van der Waals surface area (Å²) in [7, 11) is 0. The Morgan fingerprint density at radius 3 is 2.72 bits per heavy atom. The molecule has 0 fully saturated rings. The average molecular weight is 424 g/mol. The number of fused-ring (bicyclic) bond motifs is 1. The minimum Gasteiger partial charge on any atom is -0.484 e. The minimum atomic E-state index is -0.369. The van der Waals surface area contributed by atoms with Crippen molar-refractivity contribution in [2.24, 2.45) is 0 Å². The molecule has 1 aliphatic carbocycles. The zero-order chi connectivity index (χ0) is 17.8. The van der Waals surface area contributed by atoms with Crippen LogP contribution in [0.3, 0.4) is 0 Å². The molecule has 0 spiro atoms. The van der Waals surface area contributed by atoms with Gasteiger partial charge in [-0.2, -0.15) is 0 Å². The Bertz CT molecular complexity index is 785. The molecule has 5 nitrogen and oxygen atoms in total. The first-order valence-corrected chi connectivity index (χ1v) is 9.69. The van der Waals surface area contributed by atoms with Crippen LogP contribution in [0.5, 0.6) is 5.75 Å². The summed E-state index contributed by atoms with van der Waals surface area (Å²) in [6, 6.07) is 7.24. The van der Waals surface area contributed by atoms with E-state index in [4.69, 9.17) is 9.47 Å². The van der Waals surface area contributed by atoms with Crippen molar-refractivity contribution in [3.8, 4) is 5.75 Å². The SMILES string of the molecule is CCOC(=O)c1c(NC(=O)COc2ccc(Br)cc2)sc2c1CCC2. The van der Waals surface area contributed by atoms with Gasteiger partial charge in [0.2, 0.25) is 0 Å². The second-order valence-corrected chi connectivity index (χ2v) is 7.59. The van der Waals surface area contributed by atoms with Crippen LogP contribution in [-0.2, 0) is 22.4 Å². The lowest BCUT2D eigenvalue weighted by Crippen LogP contribution is -2.21. The molecular formula is C18H18BrNO4S. The van der Waals surface area contributed by atoms with Crippen LogP contribution in [0.25, 0.3) is 0 Å². The first kappa shape index (κ1) is 17.9. The molecule has 0 unspecified atom stereocenters. The number of benzene rings is 1. The van der Waals surface area contributed by atoms with E-state index in [0.29, 0.717) is 22.9 Å². The molecule has 1 aliphatic rings. The van der Waals surface area contributed by atoms with Gasteiger partial charge in [0.1, 0.15) is 10.8 Å². The van der Waals surface area contributed by atoms with Gasteiger partial charge in [0.05, 0.1) is 12.2 Å². The third-order valence-corrected chi connectivity index (χ3v) is 5.57. The van der Waals surface area contributed by atoms with Crippen LogP contribution in [0.4, 0.5) is 5.00 Å². The predicted octanol–water partition coefficient (Wildman–Crippen LogP) is 4.19. The van der Waals surface area contributed by atoms with E-state index in [-0.39, 0.29) is 18.5 Å². The molecule has 1 heterocycles. The highest BCUT2D eigenvalue weighted by Crippen LogP contribution is 2.39. The summed E-state index contributed by atoms with van der Waals surface area (Å²) in [5.41, 5.74) is 1.53. The van der Waals surface area contributed by atoms with Crippen LogP contribution in [0.2, 0.25) is 0 Å². The summed E-state index contributed by atoms with van der Waals surface area (Å²) in [5.74, 6) is -0.0583. The van der Waals surface area contributed by atoms with Crippen LogP contribution < -0.4 is 10.1 Å². The highest BCUT2D eigenvalue weighted by atomic mass is 79.9. The highest BCUT2D eigenvalue weighted by molar-refractivity contribution is 9.10. The molecule has 0 aliphatic heterocycles. The van der Waals surface area contributed by atoms with Crippen LogP contribution >= 0.6 is 27.3 Å². The molecule has 132 valence electrons. The maximum Gasteiger partial charge on any atom is 0.341 e. The van der Waals surface area contributed by atoms with Gasteiger partial charge < -0.3 is 14.8 Å². The number of rotatable bonds is 6. The van der Waals surface area contributed by atoms with Gasteiger partial charge in [0.15, 0.2) is 6.61 Å². The van der Waals surface area contributed by atoms with Gasteiger partial charge in [-0.3, -0.25) is 4.79 Å². The maximum absolute atomic E-state index is 12.3. The van der Waals surface area contributed by atoms with Gasteiger partial charge >= 0.3 is 5.97 Å². The number of thiophene rings is 1. The van der Waals surface area contributed by atoms with E-state index in [0.717, 1.165) is 34.2 Å². The van der Waals surface area contributed by atoms with Crippen molar-refractivity contribution >= 4 is 44.1 Å². The number of ether oxygens (including phenoxy) is 2. The normalized spacial score (nSPS) is 12.6. The smallest absolute Gasteiger partial charge is 0.341 e. The summed E-state index contributed by atoms with van der Waals surface area (Å²) in [5, 5.41) is 3.37. The Morgan fingerprint density at radius 2 is 2.00 bits per heavy atom. The van der Waals surface area contributed by atoms with Crippen molar-refractivity contribution in [3.63, 3.8) is 0 Å². The van der Waals surface area contributed by atoms with Crippen molar-refractivity contribution < 1.29 is 19.1 Å². The van der Waals surface area contributed by atoms with E-state index in [1.807, 2.05) is 12.1 Å². The summed E-state index contributed by atoms with van der Waals surface area (Å²) in [6.07, 6.45) is 2.83. The van der Waals surface area contributed by atoms with Crippen LogP contribution in [0.1, 0.15) is 34.1 Å². The van der Waals surface area contributed by atoms with E-state index in [1.165, 1.54) is 11.3 Å². The Morgan fingerprint density at radius 1 is 1.24 bits per heavy atom. The number of nitrogens with one attached hydrogen (secondary N) is 1. The monoisotopic (exact) mass is 423 g/mol. The highest BCUT2D eigenvalue weighted by Gasteiger charge is 2.28. The Kier molecular flexibility index (Phi) is 5.75. The molecule has 0 atom stereocenters. The van der Waals surface area contributed by atoms with Gasteiger partial charge in [0.25, 0.3) is 5.91 Å². The van der Waals surface area contributed by atoms with Crippen LogP contribution in [-0.4, -0.2) is 25.1 Å². The lowest BCUT2D eigenvalue weighted by Gasteiger charge is -2.09. The first-order chi connectivity index (χ1) is 12.1. The summed E-state index contributed by atoms with van der Waals surface area (Å²) >= 11 is 4.81. The molecule has 25 heavy (non-hydrogen) atoms. The third kappa shape index (κ3) is 4.22. The summed E-state index contributed by atoms with van der Waals surface area (Å²) < 4.78 is 11.6. The standard InChI is InChI=1S/C18H18BrNO4S/c1-2-23-18(22)16-13-4-3-5-14(13)25-17(16)20-15(21)10-24-12-8-6-11(19)7-9-12/h6-9H,2-5,10H2,1H3,(H,20,21). The molecule has 0 saturated carbocycles. The molecule has 7 heteroatoms. The zero-order valence-corrected chi connectivity index (χ0v) is 16.2. The maximum atomic E-state index is 12.3. The van der Waals surface area contributed by atoms with Crippen LogP contribution in [0.15, 0.2) is 28.7 Å². The number of amides is 1. The number of hydrogen-bond donors (Lipinski definition) is 1. The molecule has 0 radical (unpaired) electrons. The number of carbonyl (C=O) groups is 2. The second-order valence-electron chi connectivity index (χ2n) is 5.57. The van der Waals surface area contributed by atoms with Gasteiger partial charge in [-0.15, -0.1) is 11.3 Å². The number of carbonyl (C=O) groups excluding carboxylic acids is 2. The molecule has 1 N–H and O–H groups in total. The fourth-order valence-corrected chi connectivity index (χ4v) is 4.31. The quantitative estimate of drug-likeness (QED) is 0.707. The second kappa shape index (κ2) is 8.01. The molecular weight excluding hydrogens is 406 g/mol. The van der Waals surface area contributed by atoms with Gasteiger partial charge in [-0.25, -0.2) is 4.79 Å². The number of anilines is 1. The minimum absolute atomic E-state index is 0.119. The zero-order valence-electron chi connectivity index (χ0n) is 13.8. The Labute approximate surface area is 158 Å². The molecule has 1 aromatic heterocycles. The van der Waals surface area contributed by atoms with E-state index in [9.17, 15) is 9.59 Å². The fourth-order valence-electron chi connectivity index (χ4n) is 2.75. The molecule has 0 saturated heterocycles.